The van der Waals surface area contributed by atoms with Crippen LogP contribution in [-0.2, 0) is 0 Å². The van der Waals surface area contributed by atoms with Gasteiger partial charge in [0.2, 0.25) is 5.96 Å². The van der Waals surface area contributed by atoms with E-state index in [0.29, 0.717) is 6.42 Å². The summed E-state index contributed by atoms with van der Waals surface area (Å²) in [7, 11) is 0. The van der Waals surface area contributed by atoms with E-state index in [1.807, 2.05) is 6.92 Å². The second-order valence-corrected chi connectivity index (χ2v) is 1.64. The monoisotopic (exact) mass is 129 g/mol. The van der Waals surface area contributed by atoms with E-state index in [4.69, 9.17) is 16.2 Å². The minimum Gasteiger partial charge on any atom is -0.387 e. The van der Waals surface area contributed by atoms with E-state index in [2.05, 4.69) is 4.99 Å². The van der Waals surface area contributed by atoms with Crippen LogP contribution in [0.3, 0.4) is 0 Å². The van der Waals surface area contributed by atoms with Gasteiger partial charge in [-0.2, -0.15) is 0 Å². The van der Waals surface area contributed by atoms with Gasteiger partial charge in [0.05, 0.1) is 6.10 Å². The molecule has 0 heterocycles. The molecule has 0 saturated heterocycles. The lowest BCUT2D eigenvalue weighted by Gasteiger charge is -1.95. The molecule has 0 spiro atoms. The van der Waals surface area contributed by atoms with Crippen molar-refractivity contribution in [2.24, 2.45) is 10.7 Å². The summed E-state index contributed by atoms with van der Waals surface area (Å²) in [6.45, 7) is 1.82. The van der Waals surface area contributed by atoms with Gasteiger partial charge in [-0.25, -0.2) is 4.99 Å². The topological polar surface area (TPSA) is 82.5 Å². The summed E-state index contributed by atoms with van der Waals surface area (Å²) in [4.78, 5) is 3.38. The molecule has 0 amide bonds. The fourth-order valence-corrected chi connectivity index (χ4v) is 0.272. The van der Waals surface area contributed by atoms with Crippen molar-refractivity contribution in [3.8, 4) is 0 Å². The minimum absolute atomic E-state index is 0.275. The number of guanidine groups is 1. The third kappa shape index (κ3) is 4.96. The zero-order chi connectivity index (χ0) is 7.28. The molecular formula is C5H11N3O. The molecule has 52 valence electrons. The third-order valence-electron chi connectivity index (χ3n) is 0.804. The van der Waals surface area contributed by atoms with Gasteiger partial charge in [0, 0.05) is 6.21 Å². The standard InChI is InChI=1S/C5H11N3O/c1-2-4(9)3-8-5(6)7/h3-4,9H,2H2,1H3,(H3,6,7). The highest BCUT2D eigenvalue weighted by Gasteiger charge is 1.92. The number of aliphatic hydroxyl groups excluding tert-OH is 1. The van der Waals surface area contributed by atoms with Crippen molar-refractivity contribution in [3.63, 3.8) is 0 Å². The van der Waals surface area contributed by atoms with Crippen molar-refractivity contribution in [1.29, 1.82) is 5.41 Å². The lowest BCUT2D eigenvalue weighted by atomic mass is 10.3. The predicted molar refractivity (Wildman–Crippen MR) is 36.7 cm³/mol. The van der Waals surface area contributed by atoms with Gasteiger partial charge >= 0.3 is 0 Å². The Hall–Kier alpha value is -0.900. The molecule has 0 radical (unpaired) electrons. The summed E-state index contributed by atoms with van der Waals surface area (Å²) in [6, 6.07) is 0. The van der Waals surface area contributed by atoms with Crippen LogP contribution in [0.2, 0.25) is 0 Å². The van der Waals surface area contributed by atoms with Gasteiger partial charge < -0.3 is 10.8 Å². The number of hydrogen-bond donors (Lipinski definition) is 3. The molecular weight excluding hydrogens is 118 g/mol. The maximum atomic E-state index is 8.81. The van der Waals surface area contributed by atoms with Crippen LogP contribution < -0.4 is 5.73 Å². The number of nitrogens with one attached hydrogen (secondary N) is 1. The van der Waals surface area contributed by atoms with Crippen LogP contribution in [0.25, 0.3) is 0 Å². The molecule has 0 aliphatic carbocycles. The first-order valence-corrected chi connectivity index (χ1v) is 2.73. The lowest BCUT2D eigenvalue weighted by Crippen LogP contribution is -2.11. The smallest absolute Gasteiger partial charge is 0.212 e. The Kier molecular flexibility index (Phi) is 3.62. The first kappa shape index (κ1) is 8.10. The largest absolute Gasteiger partial charge is 0.387 e. The Morgan fingerprint density at radius 3 is 2.89 bits per heavy atom. The second kappa shape index (κ2) is 4.03. The van der Waals surface area contributed by atoms with Crippen molar-refractivity contribution >= 4 is 12.2 Å². The second-order valence-electron chi connectivity index (χ2n) is 1.64. The van der Waals surface area contributed by atoms with Crippen molar-refractivity contribution in [1.82, 2.24) is 0 Å². The molecule has 0 rings (SSSR count). The Labute approximate surface area is 53.9 Å². The molecule has 1 unspecified atom stereocenters. The fourth-order valence-electron chi connectivity index (χ4n) is 0.272. The zero-order valence-electron chi connectivity index (χ0n) is 5.33. The molecule has 1 atom stereocenters. The quantitative estimate of drug-likeness (QED) is 0.354. The van der Waals surface area contributed by atoms with E-state index in [-0.39, 0.29) is 5.96 Å². The highest BCUT2D eigenvalue weighted by atomic mass is 16.3. The molecule has 0 aromatic heterocycles. The van der Waals surface area contributed by atoms with E-state index in [0.717, 1.165) is 0 Å². The number of aliphatic hydroxyl groups is 1. The van der Waals surface area contributed by atoms with Crippen molar-refractivity contribution < 1.29 is 5.11 Å². The van der Waals surface area contributed by atoms with Gasteiger partial charge in [0.15, 0.2) is 0 Å². The van der Waals surface area contributed by atoms with Crippen LogP contribution in [0.4, 0.5) is 0 Å². The van der Waals surface area contributed by atoms with Gasteiger partial charge in [-0.3, -0.25) is 5.41 Å². The molecule has 4 nitrogen and oxygen atoms in total. The SMILES string of the molecule is CCC(O)C=NC(=N)N. The fraction of sp³-hybridized carbons (Fsp3) is 0.600. The molecule has 0 saturated carbocycles. The third-order valence-corrected chi connectivity index (χ3v) is 0.804. The lowest BCUT2D eigenvalue weighted by molar-refractivity contribution is 0.242. The molecule has 4 N–H and O–H groups in total. The van der Waals surface area contributed by atoms with E-state index < -0.39 is 6.10 Å². The number of rotatable bonds is 2. The first-order valence-electron chi connectivity index (χ1n) is 2.73. The summed E-state index contributed by atoms with van der Waals surface area (Å²) in [5.41, 5.74) is 4.87. The van der Waals surface area contributed by atoms with Crippen LogP contribution in [0.5, 0.6) is 0 Å². The predicted octanol–water partition coefficient (Wildman–Crippen LogP) is -0.278. The van der Waals surface area contributed by atoms with Gasteiger partial charge in [-0.1, -0.05) is 6.92 Å². The zero-order valence-corrected chi connectivity index (χ0v) is 5.33. The van der Waals surface area contributed by atoms with Gasteiger partial charge in [0.25, 0.3) is 0 Å². The molecule has 0 aliphatic rings. The average Bonchev–Trinajstić information content (AvgIpc) is 1.83. The summed E-state index contributed by atoms with van der Waals surface area (Å²) in [5.74, 6) is -0.275. The van der Waals surface area contributed by atoms with Gasteiger partial charge in [-0.15, -0.1) is 0 Å². The average molecular weight is 129 g/mol. The van der Waals surface area contributed by atoms with Crippen LogP contribution in [0.1, 0.15) is 13.3 Å². The van der Waals surface area contributed by atoms with E-state index in [9.17, 15) is 0 Å². The molecule has 4 heteroatoms. The van der Waals surface area contributed by atoms with Crippen LogP contribution in [-0.4, -0.2) is 23.4 Å². The normalized spacial score (nSPS) is 14.0. The number of nitrogens with two attached hydrogens (primary N) is 1. The molecule has 0 aromatic rings. The summed E-state index contributed by atoms with van der Waals surface area (Å²) < 4.78 is 0. The highest BCUT2D eigenvalue weighted by Crippen LogP contribution is 1.83. The molecule has 0 bridgehead atoms. The number of aliphatic imine (C=N–C) groups is 1. The molecule has 0 aliphatic heterocycles. The van der Waals surface area contributed by atoms with Crippen LogP contribution in [0, 0.1) is 5.41 Å². The first-order chi connectivity index (χ1) is 4.16. The maximum Gasteiger partial charge on any atom is 0.212 e. The summed E-state index contributed by atoms with van der Waals surface area (Å²) in [6.07, 6.45) is 1.27. The van der Waals surface area contributed by atoms with Crippen molar-refractivity contribution in [3.05, 3.63) is 0 Å². The van der Waals surface area contributed by atoms with Crippen LogP contribution in [0.15, 0.2) is 4.99 Å². The van der Waals surface area contributed by atoms with E-state index in [1.165, 1.54) is 6.21 Å². The Bertz CT molecular complexity index is 121. The Balaban J connectivity index is 3.56. The van der Waals surface area contributed by atoms with Crippen molar-refractivity contribution in [2.45, 2.75) is 19.4 Å². The Morgan fingerprint density at radius 1 is 2.00 bits per heavy atom. The minimum atomic E-state index is -0.575. The summed E-state index contributed by atoms with van der Waals surface area (Å²) in [5, 5.41) is 15.4. The number of hydrogen-bond acceptors (Lipinski definition) is 2. The van der Waals surface area contributed by atoms with E-state index >= 15 is 0 Å². The molecule has 9 heavy (non-hydrogen) atoms. The van der Waals surface area contributed by atoms with Gasteiger partial charge in [0.1, 0.15) is 0 Å². The van der Waals surface area contributed by atoms with E-state index in [1.54, 1.807) is 0 Å². The van der Waals surface area contributed by atoms with Crippen molar-refractivity contribution in [2.75, 3.05) is 0 Å². The van der Waals surface area contributed by atoms with Gasteiger partial charge in [-0.05, 0) is 6.42 Å². The van der Waals surface area contributed by atoms with Crippen LogP contribution >= 0.6 is 0 Å². The molecule has 0 aromatic carbocycles. The summed E-state index contributed by atoms with van der Waals surface area (Å²) >= 11 is 0. The Morgan fingerprint density at radius 2 is 2.56 bits per heavy atom. The molecule has 0 fully saturated rings. The highest BCUT2D eigenvalue weighted by molar-refractivity contribution is 5.85. The number of nitrogens with zero attached hydrogens (tertiary/aromatic N) is 1. The maximum absolute atomic E-state index is 8.81.